The van der Waals surface area contributed by atoms with E-state index in [1.54, 1.807) is 0 Å². The molecule has 1 fully saturated rings. The van der Waals surface area contributed by atoms with Crippen LogP contribution in [0.25, 0.3) is 11.1 Å². The van der Waals surface area contributed by atoms with Crippen molar-refractivity contribution in [3.8, 4) is 11.1 Å². The van der Waals surface area contributed by atoms with Gasteiger partial charge in [0, 0.05) is 24.1 Å². The zero-order chi connectivity index (χ0) is 24.1. The molecule has 4 rings (SSSR count). The average Bonchev–Trinajstić information content (AvgIpc) is 3.16. The minimum atomic E-state index is -1.01. The number of ether oxygens (including phenoxy) is 1. The Bertz CT molecular complexity index is 1060. The number of hydrogen-bond donors (Lipinski definition) is 3. The Hall–Kier alpha value is -3.61. The van der Waals surface area contributed by atoms with E-state index in [-0.39, 0.29) is 42.5 Å². The van der Waals surface area contributed by atoms with Crippen LogP contribution in [0.15, 0.2) is 60.2 Å². The Balaban J connectivity index is 1.35. The molecule has 1 saturated carbocycles. The van der Waals surface area contributed by atoms with E-state index in [2.05, 4.69) is 34.9 Å². The molecule has 0 bridgehead atoms. The zero-order valence-electron chi connectivity index (χ0n) is 19.3. The first-order chi connectivity index (χ1) is 16.5. The fraction of sp³-hybridized carbons (Fsp3) is 0.370. The highest BCUT2D eigenvalue weighted by Gasteiger charge is 2.33. The van der Waals surface area contributed by atoms with Crippen LogP contribution in [-0.2, 0) is 14.3 Å². The molecule has 2 aromatic rings. The molecule has 0 heterocycles. The second-order valence-corrected chi connectivity index (χ2v) is 8.90. The van der Waals surface area contributed by atoms with Gasteiger partial charge in [-0.05, 0) is 42.0 Å². The second-order valence-electron chi connectivity index (χ2n) is 8.90. The Kier molecular flexibility index (Phi) is 7.30. The number of hydrogen-bond acceptors (Lipinski definition) is 4. The fourth-order valence-corrected chi connectivity index (χ4v) is 4.93. The van der Waals surface area contributed by atoms with Crippen LogP contribution < -0.4 is 10.6 Å². The minimum Gasteiger partial charge on any atom is -0.478 e. The molecule has 3 N–H and O–H groups in total. The van der Waals surface area contributed by atoms with E-state index < -0.39 is 12.1 Å². The summed E-state index contributed by atoms with van der Waals surface area (Å²) in [7, 11) is 0. The van der Waals surface area contributed by atoms with E-state index in [4.69, 9.17) is 9.84 Å². The summed E-state index contributed by atoms with van der Waals surface area (Å²) >= 11 is 0. The van der Waals surface area contributed by atoms with E-state index in [9.17, 15) is 14.4 Å². The van der Waals surface area contributed by atoms with Crippen LogP contribution >= 0.6 is 0 Å². The van der Waals surface area contributed by atoms with E-state index >= 15 is 0 Å². The summed E-state index contributed by atoms with van der Waals surface area (Å²) in [4.78, 5) is 36.3. The molecule has 7 nitrogen and oxygen atoms in total. The van der Waals surface area contributed by atoms with Crippen molar-refractivity contribution in [2.75, 3.05) is 13.2 Å². The van der Waals surface area contributed by atoms with E-state index in [0.717, 1.165) is 24.0 Å². The highest BCUT2D eigenvalue weighted by molar-refractivity contribution is 5.86. The third-order valence-electron chi connectivity index (χ3n) is 6.77. The maximum Gasteiger partial charge on any atom is 0.407 e. The molecule has 0 aliphatic heterocycles. The first-order valence-corrected chi connectivity index (χ1v) is 11.7. The SMILES string of the molecule is C/C(=C\CNC(=O)[C@H]1CCCC[C@H]1NC(=O)OCC1c2ccccc2-c2ccccc21)C(=O)O. The van der Waals surface area contributed by atoms with Gasteiger partial charge >= 0.3 is 12.1 Å². The van der Waals surface area contributed by atoms with Crippen molar-refractivity contribution in [1.29, 1.82) is 0 Å². The number of fused-ring (bicyclic) bond motifs is 3. The van der Waals surface area contributed by atoms with Crippen molar-refractivity contribution >= 4 is 18.0 Å². The maximum absolute atomic E-state index is 12.7. The highest BCUT2D eigenvalue weighted by Crippen LogP contribution is 2.44. The number of rotatable bonds is 7. The predicted molar refractivity (Wildman–Crippen MR) is 128 cm³/mol. The van der Waals surface area contributed by atoms with Gasteiger partial charge in [0.15, 0.2) is 0 Å². The minimum absolute atomic E-state index is 0.0205. The Morgan fingerprint density at radius 1 is 1.00 bits per heavy atom. The third kappa shape index (κ3) is 5.14. The molecule has 2 amide bonds. The highest BCUT2D eigenvalue weighted by atomic mass is 16.5. The molecular weight excluding hydrogens is 432 g/mol. The number of nitrogens with one attached hydrogen (secondary N) is 2. The number of aliphatic carboxylic acids is 1. The lowest BCUT2D eigenvalue weighted by Gasteiger charge is -2.31. The summed E-state index contributed by atoms with van der Waals surface area (Å²) in [6, 6.07) is 16.0. The molecule has 7 heteroatoms. The monoisotopic (exact) mass is 462 g/mol. The van der Waals surface area contributed by atoms with Crippen LogP contribution in [0.1, 0.15) is 49.7 Å². The third-order valence-corrected chi connectivity index (χ3v) is 6.77. The zero-order valence-corrected chi connectivity index (χ0v) is 19.3. The Labute approximate surface area is 199 Å². The van der Waals surface area contributed by atoms with E-state index in [1.807, 2.05) is 24.3 Å². The molecule has 0 spiro atoms. The van der Waals surface area contributed by atoms with Gasteiger partial charge in [-0.2, -0.15) is 0 Å². The summed E-state index contributed by atoms with van der Waals surface area (Å²) < 4.78 is 5.65. The molecule has 178 valence electrons. The molecule has 0 radical (unpaired) electrons. The predicted octanol–water partition coefficient (Wildman–Crippen LogP) is 4.23. The summed E-state index contributed by atoms with van der Waals surface area (Å²) in [6.07, 6.45) is 4.15. The Morgan fingerprint density at radius 3 is 2.26 bits per heavy atom. The maximum atomic E-state index is 12.7. The van der Waals surface area contributed by atoms with Crippen molar-refractivity contribution in [2.45, 2.75) is 44.6 Å². The second kappa shape index (κ2) is 10.5. The number of carboxylic acids is 1. The molecule has 2 atom stereocenters. The lowest BCUT2D eigenvalue weighted by atomic mass is 9.84. The van der Waals surface area contributed by atoms with E-state index in [0.29, 0.717) is 12.8 Å². The summed E-state index contributed by atoms with van der Waals surface area (Å²) in [6.45, 7) is 1.85. The average molecular weight is 463 g/mol. The fourth-order valence-electron chi connectivity index (χ4n) is 4.93. The lowest BCUT2D eigenvalue weighted by Crippen LogP contribution is -2.48. The van der Waals surface area contributed by atoms with Gasteiger partial charge in [-0.25, -0.2) is 9.59 Å². The molecule has 2 aromatic carbocycles. The summed E-state index contributed by atoms with van der Waals surface area (Å²) in [5.41, 5.74) is 4.82. The van der Waals surface area contributed by atoms with Crippen molar-refractivity contribution in [2.24, 2.45) is 5.92 Å². The van der Waals surface area contributed by atoms with E-state index in [1.165, 1.54) is 24.1 Å². The largest absolute Gasteiger partial charge is 0.478 e. The molecule has 2 aliphatic carbocycles. The first-order valence-electron chi connectivity index (χ1n) is 11.7. The molecule has 0 unspecified atom stereocenters. The first kappa shape index (κ1) is 23.5. The number of benzene rings is 2. The van der Waals surface area contributed by atoms with Crippen LogP contribution in [0.4, 0.5) is 4.79 Å². The van der Waals surface area contributed by atoms with Gasteiger partial charge in [0.1, 0.15) is 6.61 Å². The van der Waals surface area contributed by atoms with Gasteiger partial charge in [-0.1, -0.05) is 67.4 Å². The van der Waals surface area contributed by atoms with Gasteiger partial charge in [0.05, 0.1) is 5.92 Å². The number of amides is 2. The van der Waals surface area contributed by atoms with Crippen molar-refractivity contribution < 1.29 is 24.2 Å². The quantitative estimate of drug-likeness (QED) is 0.534. The molecule has 34 heavy (non-hydrogen) atoms. The number of carbonyl (C=O) groups excluding carboxylic acids is 2. The van der Waals surface area contributed by atoms with Gasteiger partial charge in [-0.3, -0.25) is 4.79 Å². The van der Waals surface area contributed by atoms with Gasteiger partial charge in [-0.15, -0.1) is 0 Å². The lowest BCUT2D eigenvalue weighted by molar-refractivity contribution is -0.132. The Morgan fingerprint density at radius 2 is 1.62 bits per heavy atom. The summed E-state index contributed by atoms with van der Waals surface area (Å²) in [5.74, 6) is -1.58. The van der Waals surface area contributed by atoms with Gasteiger partial charge in [0.2, 0.25) is 5.91 Å². The van der Waals surface area contributed by atoms with Crippen molar-refractivity contribution in [3.63, 3.8) is 0 Å². The van der Waals surface area contributed by atoms with Crippen molar-refractivity contribution in [1.82, 2.24) is 10.6 Å². The molecule has 0 saturated heterocycles. The van der Waals surface area contributed by atoms with Gasteiger partial charge in [0.25, 0.3) is 0 Å². The van der Waals surface area contributed by atoms with Gasteiger partial charge < -0.3 is 20.5 Å². The standard InChI is InChI=1S/C27H30N2O5/c1-17(26(31)32)14-15-28-25(30)22-12-6-7-13-24(22)29-27(33)34-16-23-20-10-4-2-8-18(20)19-9-3-5-11-21(19)23/h2-5,8-11,14,22-24H,6-7,12-13,15-16H2,1H3,(H,28,30)(H,29,33)(H,31,32)/b17-14+/t22-,24+/m0/s1. The van der Waals surface area contributed by atoms with Crippen LogP contribution in [0.3, 0.4) is 0 Å². The van der Waals surface area contributed by atoms with Crippen LogP contribution in [0.2, 0.25) is 0 Å². The van der Waals surface area contributed by atoms with Crippen LogP contribution in [0.5, 0.6) is 0 Å². The number of carbonyl (C=O) groups is 3. The summed E-state index contributed by atoms with van der Waals surface area (Å²) in [5, 5.41) is 14.6. The smallest absolute Gasteiger partial charge is 0.407 e. The normalized spacial score (nSPS) is 19.6. The molecule has 2 aliphatic rings. The molecule has 0 aromatic heterocycles. The van der Waals surface area contributed by atoms with Crippen molar-refractivity contribution in [3.05, 3.63) is 71.3 Å². The molecular formula is C27H30N2O5. The van der Waals surface area contributed by atoms with Crippen LogP contribution in [0, 0.1) is 5.92 Å². The topological polar surface area (TPSA) is 105 Å². The number of carboxylic acid groups (broad SMARTS) is 1. The van der Waals surface area contributed by atoms with Crippen LogP contribution in [-0.4, -0.2) is 42.3 Å². The number of alkyl carbamates (subject to hydrolysis) is 1.